The zero-order valence-electron chi connectivity index (χ0n) is 12.0. The molecular formula is C16H25AsO2. The van der Waals surface area contributed by atoms with E-state index < -0.39 is 20.3 Å². The summed E-state index contributed by atoms with van der Waals surface area (Å²) in [5.74, 6) is 0.319. The Hall–Kier alpha value is -0.462. The predicted molar refractivity (Wildman–Crippen MR) is 81.1 cm³/mol. The van der Waals surface area contributed by atoms with Crippen LogP contribution in [-0.2, 0) is 6.42 Å². The summed E-state index contributed by atoms with van der Waals surface area (Å²) in [7, 11) is 0. The van der Waals surface area contributed by atoms with Crippen molar-refractivity contribution in [2.24, 2.45) is 0 Å². The normalized spacial score (nSPS) is 20.4. The summed E-state index contributed by atoms with van der Waals surface area (Å²) in [6.07, 6.45) is 6.53. The Kier molecular flexibility index (Phi) is 4.97. The zero-order valence-corrected chi connectivity index (χ0v) is 13.8. The summed E-state index contributed by atoms with van der Waals surface area (Å²) < 4.78 is 0.449. The van der Waals surface area contributed by atoms with E-state index in [4.69, 9.17) is 0 Å². The van der Waals surface area contributed by atoms with Gasteiger partial charge in [-0.25, -0.2) is 0 Å². The summed E-state index contributed by atoms with van der Waals surface area (Å²) in [6.45, 7) is 0. The predicted octanol–water partition coefficient (Wildman–Crippen LogP) is 3.75. The quantitative estimate of drug-likeness (QED) is 0.828. The molecule has 19 heavy (non-hydrogen) atoms. The third-order valence-electron chi connectivity index (χ3n) is 4.33. The molecule has 0 aromatic heterocycles. The topological polar surface area (TPSA) is 40.5 Å². The Bertz CT molecular complexity index is 394. The number of hydrogen-bond acceptors (Lipinski definition) is 2. The molecule has 106 valence electrons. The van der Waals surface area contributed by atoms with Crippen LogP contribution in [0.5, 0.6) is 5.75 Å². The third-order valence-corrected chi connectivity index (χ3v) is 8.34. The van der Waals surface area contributed by atoms with Gasteiger partial charge < -0.3 is 0 Å². The number of hydrogen-bond donors (Lipinski definition) is 2. The molecule has 0 radical (unpaired) electrons. The van der Waals surface area contributed by atoms with Crippen LogP contribution in [-0.4, -0.2) is 30.5 Å². The van der Waals surface area contributed by atoms with Crippen molar-refractivity contribution in [1.29, 1.82) is 0 Å². The van der Waals surface area contributed by atoms with Gasteiger partial charge in [0.2, 0.25) is 0 Å². The summed E-state index contributed by atoms with van der Waals surface area (Å²) in [5, 5.41) is 20.4. The molecule has 2 N–H and O–H groups in total. The fourth-order valence-electron chi connectivity index (χ4n) is 3.21. The molecule has 0 bridgehead atoms. The van der Waals surface area contributed by atoms with Gasteiger partial charge in [0.05, 0.1) is 0 Å². The van der Waals surface area contributed by atoms with Gasteiger partial charge in [0.25, 0.3) is 0 Å². The monoisotopic (exact) mass is 324 g/mol. The molecule has 2 rings (SSSR count). The molecule has 0 saturated heterocycles. The van der Waals surface area contributed by atoms with Crippen molar-refractivity contribution in [2.45, 2.75) is 60.3 Å². The maximum atomic E-state index is 11.0. The van der Waals surface area contributed by atoms with Crippen molar-refractivity contribution in [3.63, 3.8) is 0 Å². The average molecular weight is 324 g/mol. The van der Waals surface area contributed by atoms with E-state index in [1.165, 1.54) is 24.8 Å². The van der Waals surface area contributed by atoms with Gasteiger partial charge in [0.1, 0.15) is 0 Å². The van der Waals surface area contributed by atoms with E-state index in [0.29, 0.717) is 10.5 Å². The minimum absolute atomic E-state index is 0.319. The average Bonchev–Trinajstić information content (AvgIpc) is 2.38. The van der Waals surface area contributed by atoms with Crippen LogP contribution in [0.15, 0.2) is 24.3 Å². The Morgan fingerprint density at radius 1 is 1.11 bits per heavy atom. The van der Waals surface area contributed by atoms with Gasteiger partial charge in [0, 0.05) is 0 Å². The van der Waals surface area contributed by atoms with Crippen LogP contribution >= 0.6 is 0 Å². The number of phenolic OH excluding ortho intramolecular Hbond substituents is 1. The Morgan fingerprint density at radius 2 is 1.68 bits per heavy atom. The van der Waals surface area contributed by atoms with Crippen LogP contribution in [0.25, 0.3) is 0 Å². The molecule has 0 heterocycles. The molecule has 3 heteroatoms. The molecule has 1 saturated carbocycles. The molecule has 0 spiro atoms. The van der Waals surface area contributed by atoms with Gasteiger partial charge in [-0.05, 0) is 0 Å². The molecule has 1 fully saturated rings. The molecule has 2 nitrogen and oxygen atoms in total. The van der Waals surface area contributed by atoms with Crippen LogP contribution < -0.4 is 0 Å². The van der Waals surface area contributed by atoms with E-state index in [1.54, 1.807) is 12.1 Å². The molecule has 1 aliphatic rings. The van der Waals surface area contributed by atoms with Crippen LogP contribution in [0.4, 0.5) is 0 Å². The second kappa shape index (κ2) is 6.33. The molecule has 1 atom stereocenters. The maximum absolute atomic E-state index is 11.0. The number of aromatic hydroxyl groups is 1. The molecular weight excluding hydrogens is 299 g/mol. The van der Waals surface area contributed by atoms with E-state index in [9.17, 15) is 10.2 Å². The van der Waals surface area contributed by atoms with Crippen molar-refractivity contribution < 1.29 is 10.2 Å². The van der Waals surface area contributed by atoms with E-state index in [1.807, 2.05) is 12.1 Å². The van der Waals surface area contributed by atoms with E-state index in [2.05, 4.69) is 11.4 Å². The summed E-state index contributed by atoms with van der Waals surface area (Å²) in [4.78, 5) is 0. The van der Waals surface area contributed by atoms with Crippen molar-refractivity contribution in [1.82, 2.24) is 0 Å². The molecule has 1 aromatic rings. The van der Waals surface area contributed by atoms with E-state index in [-0.39, 0.29) is 0 Å². The van der Waals surface area contributed by atoms with Crippen LogP contribution in [0, 0.1) is 0 Å². The summed E-state index contributed by atoms with van der Waals surface area (Å²) in [5.41, 5.74) is 5.51. The Balaban J connectivity index is 2.13. The van der Waals surface area contributed by atoms with Gasteiger partial charge in [-0.2, -0.15) is 0 Å². The van der Waals surface area contributed by atoms with Crippen molar-refractivity contribution in [3.8, 4) is 5.75 Å². The standard InChI is InChI=1S/C16H25AsO2/c1-17(2)15(16(19)10-4-3-5-11-16)12-13-6-8-14(18)9-7-13/h6-9,15,18-19H,3-5,10-12H2,1-2H3. The fourth-order valence-corrected chi connectivity index (χ4v) is 6.97. The van der Waals surface area contributed by atoms with Gasteiger partial charge in [-0.3, -0.25) is 0 Å². The number of benzene rings is 1. The van der Waals surface area contributed by atoms with Gasteiger partial charge in [0.15, 0.2) is 0 Å². The molecule has 1 aromatic carbocycles. The van der Waals surface area contributed by atoms with Crippen LogP contribution in [0.2, 0.25) is 16.1 Å². The Labute approximate surface area is 121 Å². The van der Waals surface area contributed by atoms with Crippen LogP contribution in [0.1, 0.15) is 37.7 Å². The zero-order chi connectivity index (χ0) is 13.9. The molecule has 0 aliphatic heterocycles. The number of aliphatic hydroxyl groups is 1. The van der Waals surface area contributed by atoms with E-state index in [0.717, 1.165) is 19.3 Å². The second-order valence-corrected chi connectivity index (χ2v) is 11.4. The molecule has 1 aliphatic carbocycles. The van der Waals surface area contributed by atoms with Gasteiger partial charge in [-0.15, -0.1) is 0 Å². The van der Waals surface area contributed by atoms with Crippen molar-refractivity contribution in [2.75, 3.05) is 0 Å². The SMILES string of the molecule is C[As](C)C(Cc1ccc(O)cc1)C1(O)CCCCC1. The first-order valence-electron chi connectivity index (χ1n) is 7.18. The number of phenols is 1. The summed E-state index contributed by atoms with van der Waals surface area (Å²) >= 11 is -0.990. The van der Waals surface area contributed by atoms with E-state index >= 15 is 0 Å². The van der Waals surface area contributed by atoms with Crippen molar-refractivity contribution in [3.05, 3.63) is 29.8 Å². The molecule has 0 amide bonds. The number of rotatable bonds is 4. The fraction of sp³-hybridized carbons (Fsp3) is 0.625. The van der Waals surface area contributed by atoms with Gasteiger partial charge >= 0.3 is 121 Å². The minimum atomic E-state index is -0.990. The van der Waals surface area contributed by atoms with Gasteiger partial charge in [-0.1, -0.05) is 0 Å². The first-order valence-corrected chi connectivity index (χ1v) is 12.0. The first kappa shape index (κ1) is 14.9. The molecule has 1 unspecified atom stereocenters. The first-order chi connectivity index (χ1) is 9.01. The van der Waals surface area contributed by atoms with Crippen molar-refractivity contribution >= 4 is 14.7 Å². The second-order valence-electron chi connectivity index (χ2n) is 6.01. The summed E-state index contributed by atoms with van der Waals surface area (Å²) in [6, 6.07) is 7.48. The third kappa shape index (κ3) is 3.76. The van der Waals surface area contributed by atoms with Crippen LogP contribution in [0.3, 0.4) is 0 Å². The Morgan fingerprint density at radius 3 is 2.21 bits per heavy atom.